The van der Waals surface area contributed by atoms with Crippen LogP contribution in [0.4, 0.5) is 0 Å². The van der Waals surface area contributed by atoms with Gasteiger partial charge >= 0.3 is 5.97 Å². The number of hydrogen-bond donors (Lipinski definition) is 0. The maximum Gasteiger partial charge on any atom is 0.310 e. The van der Waals surface area contributed by atoms with Crippen molar-refractivity contribution >= 4 is 50.9 Å². The van der Waals surface area contributed by atoms with Crippen molar-refractivity contribution in [1.82, 2.24) is 0 Å². The monoisotopic (exact) mass is 414 g/mol. The number of fused-ring (bicyclic) bond motifs is 3. The highest BCUT2D eigenvalue weighted by atomic mass is 35.5. The normalized spacial score (nSPS) is 11.1. The van der Waals surface area contributed by atoms with E-state index in [0.29, 0.717) is 15.8 Å². The van der Waals surface area contributed by atoms with E-state index < -0.39 is 0 Å². The van der Waals surface area contributed by atoms with Crippen LogP contribution in [0.25, 0.3) is 21.7 Å². The van der Waals surface area contributed by atoms with Crippen molar-refractivity contribution in [2.75, 3.05) is 13.2 Å². The topological polar surface area (TPSA) is 48.7 Å². The molecule has 0 bridgehead atoms. The molecule has 0 aliphatic rings. The van der Waals surface area contributed by atoms with Crippen LogP contribution in [0.1, 0.15) is 5.56 Å². The first kappa shape index (κ1) is 18.7. The van der Waals surface area contributed by atoms with Gasteiger partial charge in [-0.2, -0.15) is 0 Å². The molecule has 4 rings (SSSR count). The van der Waals surface area contributed by atoms with E-state index in [9.17, 15) is 4.79 Å². The van der Waals surface area contributed by atoms with Gasteiger partial charge in [0, 0.05) is 16.0 Å². The number of carbonyl (C=O) groups excluding carboxylic acids is 1. The van der Waals surface area contributed by atoms with Gasteiger partial charge in [0.15, 0.2) is 0 Å². The van der Waals surface area contributed by atoms with Gasteiger partial charge in [0.25, 0.3) is 0 Å². The summed E-state index contributed by atoms with van der Waals surface area (Å²) in [7, 11) is 0. The molecule has 1 aromatic heterocycles. The fourth-order valence-corrected chi connectivity index (χ4v) is 3.57. The molecule has 0 N–H and O–H groups in total. The van der Waals surface area contributed by atoms with Crippen LogP contribution in [0.2, 0.25) is 10.0 Å². The summed E-state index contributed by atoms with van der Waals surface area (Å²) in [4.78, 5) is 12.3. The van der Waals surface area contributed by atoms with Crippen molar-refractivity contribution in [1.29, 1.82) is 0 Å². The molecule has 0 saturated carbocycles. The largest absolute Gasteiger partial charge is 0.488 e. The molecule has 0 unspecified atom stereocenters. The smallest absolute Gasteiger partial charge is 0.310 e. The van der Waals surface area contributed by atoms with Crippen LogP contribution >= 0.6 is 23.2 Å². The number of furan rings is 1. The molecule has 0 fully saturated rings. The molecule has 0 amide bonds. The molecule has 28 heavy (non-hydrogen) atoms. The lowest BCUT2D eigenvalue weighted by Crippen LogP contribution is -2.14. The first-order valence-corrected chi connectivity index (χ1v) is 9.49. The zero-order valence-electron chi connectivity index (χ0n) is 14.8. The molecule has 0 saturated heterocycles. The molecule has 0 atom stereocenters. The van der Waals surface area contributed by atoms with E-state index in [-0.39, 0.29) is 25.6 Å². The van der Waals surface area contributed by atoms with Gasteiger partial charge in [-0.1, -0.05) is 53.5 Å². The Morgan fingerprint density at radius 3 is 2.71 bits per heavy atom. The van der Waals surface area contributed by atoms with Gasteiger partial charge in [0.2, 0.25) is 0 Å². The van der Waals surface area contributed by atoms with Crippen LogP contribution in [0.15, 0.2) is 65.3 Å². The van der Waals surface area contributed by atoms with Crippen molar-refractivity contribution in [2.45, 2.75) is 6.42 Å². The highest BCUT2D eigenvalue weighted by molar-refractivity contribution is 6.35. The third-order valence-corrected chi connectivity index (χ3v) is 4.90. The quantitative estimate of drug-likeness (QED) is 0.284. The van der Waals surface area contributed by atoms with E-state index >= 15 is 0 Å². The summed E-state index contributed by atoms with van der Waals surface area (Å²) < 4.78 is 16.4. The van der Waals surface area contributed by atoms with E-state index in [0.717, 1.165) is 27.3 Å². The second-order valence-electron chi connectivity index (χ2n) is 6.24. The van der Waals surface area contributed by atoms with Crippen molar-refractivity contribution in [3.05, 3.63) is 76.5 Å². The summed E-state index contributed by atoms with van der Waals surface area (Å²) in [6.45, 7) is 0.316. The van der Waals surface area contributed by atoms with Crippen LogP contribution in [0.3, 0.4) is 0 Å². The first-order chi connectivity index (χ1) is 13.6. The molecule has 4 aromatic rings. The van der Waals surface area contributed by atoms with Gasteiger partial charge in [-0.05, 0) is 35.0 Å². The Morgan fingerprint density at radius 2 is 1.86 bits per heavy atom. The lowest BCUT2D eigenvalue weighted by molar-refractivity contribution is -0.143. The van der Waals surface area contributed by atoms with Crippen molar-refractivity contribution in [2.24, 2.45) is 0 Å². The molecule has 3 aromatic carbocycles. The molecular weight excluding hydrogens is 399 g/mol. The van der Waals surface area contributed by atoms with E-state index in [1.807, 2.05) is 36.4 Å². The molecule has 0 radical (unpaired) electrons. The van der Waals surface area contributed by atoms with Gasteiger partial charge in [-0.15, -0.1) is 0 Å². The molecule has 0 aliphatic carbocycles. The minimum Gasteiger partial charge on any atom is -0.488 e. The van der Waals surface area contributed by atoms with Crippen LogP contribution in [0.5, 0.6) is 5.75 Å². The van der Waals surface area contributed by atoms with Crippen LogP contribution in [0, 0.1) is 0 Å². The van der Waals surface area contributed by atoms with Crippen LogP contribution in [-0.4, -0.2) is 19.2 Å². The summed E-state index contributed by atoms with van der Waals surface area (Å²) in [5, 5.41) is 4.04. The molecular formula is C22H16Cl2O4. The number of hydrogen-bond acceptors (Lipinski definition) is 4. The Kier molecular flexibility index (Phi) is 5.42. The van der Waals surface area contributed by atoms with Gasteiger partial charge < -0.3 is 13.9 Å². The fraction of sp³-hybridized carbons (Fsp3) is 0.136. The number of esters is 1. The average molecular weight is 415 g/mol. The highest BCUT2D eigenvalue weighted by Crippen LogP contribution is 2.30. The summed E-state index contributed by atoms with van der Waals surface area (Å²) in [6, 6.07) is 16.9. The summed E-state index contributed by atoms with van der Waals surface area (Å²) in [5.41, 5.74) is 1.56. The summed E-state index contributed by atoms with van der Waals surface area (Å²) in [6.07, 6.45) is 1.74. The highest BCUT2D eigenvalue weighted by Gasteiger charge is 2.14. The zero-order chi connectivity index (χ0) is 19.5. The van der Waals surface area contributed by atoms with Crippen molar-refractivity contribution < 1.29 is 18.7 Å². The molecule has 4 nitrogen and oxygen atoms in total. The lowest BCUT2D eigenvalue weighted by Gasteiger charge is -2.09. The number of ether oxygens (including phenoxy) is 2. The van der Waals surface area contributed by atoms with Gasteiger partial charge in [-0.3, -0.25) is 4.79 Å². The Bertz CT molecular complexity index is 1150. The maximum atomic E-state index is 12.3. The van der Waals surface area contributed by atoms with E-state index in [4.69, 9.17) is 37.1 Å². The second-order valence-corrected chi connectivity index (χ2v) is 7.08. The second kappa shape index (κ2) is 8.13. The standard InChI is InChI=1S/C22H16Cl2O4/c23-16-6-8-19(18(24)12-16)26-9-10-27-21(25)11-15-13-28-20-7-5-14-3-1-2-4-17(14)22(15)20/h1-8,12-13H,9-11H2. The summed E-state index contributed by atoms with van der Waals surface area (Å²) in [5.74, 6) is 0.149. The van der Waals surface area contributed by atoms with Gasteiger partial charge in [0.05, 0.1) is 17.7 Å². The minimum absolute atomic E-state index is 0.119. The Morgan fingerprint density at radius 1 is 1.00 bits per heavy atom. The summed E-state index contributed by atoms with van der Waals surface area (Å²) >= 11 is 11.9. The predicted molar refractivity (Wildman–Crippen MR) is 110 cm³/mol. The number of carbonyl (C=O) groups is 1. The third-order valence-electron chi connectivity index (χ3n) is 4.37. The van der Waals surface area contributed by atoms with E-state index in [1.54, 1.807) is 24.5 Å². The van der Waals surface area contributed by atoms with Crippen LogP contribution in [-0.2, 0) is 16.0 Å². The Hall–Kier alpha value is -2.69. The molecule has 0 spiro atoms. The minimum atomic E-state index is -0.346. The fourth-order valence-electron chi connectivity index (χ4n) is 3.11. The van der Waals surface area contributed by atoms with Gasteiger partial charge in [-0.25, -0.2) is 0 Å². The molecule has 0 aliphatic heterocycles. The Balaban J connectivity index is 1.38. The van der Waals surface area contributed by atoms with E-state index in [1.165, 1.54) is 0 Å². The molecule has 6 heteroatoms. The Labute approximate surface area is 171 Å². The third kappa shape index (κ3) is 3.93. The SMILES string of the molecule is O=C(Cc1coc2ccc3ccccc3c12)OCCOc1ccc(Cl)cc1Cl. The molecule has 1 heterocycles. The number of benzene rings is 3. The maximum absolute atomic E-state index is 12.3. The average Bonchev–Trinajstić information content (AvgIpc) is 3.10. The lowest BCUT2D eigenvalue weighted by atomic mass is 10.0. The van der Waals surface area contributed by atoms with Crippen molar-refractivity contribution in [3.63, 3.8) is 0 Å². The number of rotatable bonds is 6. The van der Waals surface area contributed by atoms with Crippen LogP contribution < -0.4 is 4.74 Å². The van der Waals surface area contributed by atoms with Crippen molar-refractivity contribution in [3.8, 4) is 5.75 Å². The predicted octanol–water partition coefficient (Wildman–Crippen LogP) is 6.06. The zero-order valence-corrected chi connectivity index (χ0v) is 16.3. The van der Waals surface area contributed by atoms with E-state index in [2.05, 4.69) is 0 Å². The number of halogens is 2. The first-order valence-electron chi connectivity index (χ1n) is 8.73. The molecule has 142 valence electrons. The van der Waals surface area contributed by atoms with Gasteiger partial charge in [0.1, 0.15) is 24.5 Å².